The molecule has 3 aromatic heterocycles. The fraction of sp³-hybridized carbons (Fsp3) is 0.333. The van der Waals surface area contributed by atoms with Crippen LogP contribution in [0.1, 0.15) is 44.1 Å². The number of nitrogens with one attached hydrogen (secondary N) is 1. The lowest BCUT2D eigenvalue weighted by Crippen LogP contribution is -2.19. The van der Waals surface area contributed by atoms with Gasteiger partial charge in [0.05, 0.1) is 10.9 Å². The zero-order valence-corrected chi connectivity index (χ0v) is 18.0. The molecule has 2 unspecified atom stereocenters. The van der Waals surface area contributed by atoms with Crippen LogP contribution in [0.15, 0.2) is 36.7 Å². The summed E-state index contributed by atoms with van der Waals surface area (Å²) in [6, 6.07) is 7.74. The molecule has 8 heteroatoms. The highest BCUT2D eigenvalue weighted by atomic mass is 127. The van der Waals surface area contributed by atoms with E-state index in [-0.39, 0.29) is 18.1 Å². The lowest BCUT2D eigenvalue weighted by atomic mass is 10.1. The van der Waals surface area contributed by atoms with Gasteiger partial charge in [0.1, 0.15) is 21.2 Å². The van der Waals surface area contributed by atoms with Crippen LogP contribution < -0.4 is 4.74 Å². The van der Waals surface area contributed by atoms with Crippen LogP contribution >= 0.6 is 22.6 Å². The monoisotopic (exact) mass is 506 g/mol. The van der Waals surface area contributed by atoms with Gasteiger partial charge in [0.15, 0.2) is 12.0 Å². The maximum absolute atomic E-state index is 14.2. The first-order chi connectivity index (χ1) is 14.1. The summed E-state index contributed by atoms with van der Waals surface area (Å²) < 4.78 is 29.2. The Bertz CT molecular complexity index is 1180. The Balaban J connectivity index is 1.46. The van der Waals surface area contributed by atoms with Crippen LogP contribution in [0.25, 0.3) is 21.9 Å². The van der Waals surface area contributed by atoms with Crippen LogP contribution in [0.3, 0.4) is 0 Å². The Morgan fingerprint density at radius 3 is 3.07 bits per heavy atom. The first-order valence-corrected chi connectivity index (χ1v) is 10.8. The second kappa shape index (κ2) is 7.56. The number of ether oxygens (including phenoxy) is 2. The van der Waals surface area contributed by atoms with Gasteiger partial charge < -0.3 is 14.5 Å². The number of aromatic amines is 1. The van der Waals surface area contributed by atoms with Crippen molar-refractivity contribution >= 4 is 44.5 Å². The third kappa shape index (κ3) is 3.38. The molecule has 4 aromatic rings. The van der Waals surface area contributed by atoms with E-state index in [4.69, 9.17) is 14.6 Å². The van der Waals surface area contributed by atoms with Crippen LogP contribution in [0.2, 0.25) is 0 Å². The van der Waals surface area contributed by atoms with Crippen molar-refractivity contribution in [1.29, 1.82) is 0 Å². The van der Waals surface area contributed by atoms with Crippen LogP contribution in [-0.2, 0) is 4.74 Å². The standard InChI is InChI=1S/C21H20FIN4O2/c1-12(14-7-8-24-21-19(14)16(22)11-25-21)29-13-5-6-17-15(10-13)20(23)26-27(17)18-4-2-3-9-28-18/h5-8,10-12,18H,2-4,9H2,1H3,(H,24,25). The van der Waals surface area contributed by atoms with Crippen LogP contribution in [0.4, 0.5) is 4.39 Å². The van der Waals surface area contributed by atoms with Crippen molar-refractivity contribution in [3.05, 3.63) is 51.7 Å². The van der Waals surface area contributed by atoms with E-state index in [0.29, 0.717) is 16.8 Å². The topological polar surface area (TPSA) is 65.0 Å². The maximum atomic E-state index is 14.2. The van der Waals surface area contributed by atoms with E-state index in [1.165, 1.54) is 6.20 Å². The molecule has 1 aromatic carbocycles. The second-order valence-corrected chi connectivity index (χ2v) is 8.28. The highest BCUT2D eigenvalue weighted by Crippen LogP contribution is 2.33. The summed E-state index contributed by atoms with van der Waals surface area (Å²) in [5.74, 6) is 0.394. The average molecular weight is 506 g/mol. The summed E-state index contributed by atoms with van der Waals surface area (Å²) in [6.45, 7) is 2.69. The number of pyridine rings is 1. The molecule has 150 valence electrons. The van der Waals surface area contributed by atoms with E-state index in [9.17, 15) is 4.39 Å². The summed E-state index contributed by atoms with van der Waals surface area (Å²) in [5.41, 5.74) is 2.31. The zero-order valence-electron chi connectivity index (χ0n) is 15.9. The number of aromatic nitrogens is 4. The smallest absolute Gasteiger partial charge is 0.150 e. The Hall–Kier alpha value is -2.20. The van der Waals surface area contributed by atoms with Crippen molar-refractivity contribution < 1.29 is 13.9 Å². The summed E-state index contributed by atoms with van der Waals surface area (Å²) in [5, 5.41) is 6.19. The molecule has 0 radical (unpaired) electrons. The van der Waals surface area contributed by atoms with E-state index in [1.807, 2.05) is 29.8 Å². The number of benzene rings is 1. The van der Waals surface area contributed by atoms with Gasteiger partial charge in [-0.2, -0.15) is 5.10 Å². The predicted molar refractivity (Wildman–Crippen MR) is 116 cm³/mol. The van der Waals surface area contributed by atoms with Gasteiger partial charge in [-0.25, -0.2) is 14.1 Å². The molecule has 0 aliphatic carbocycles. The van der Waals surface area contributed by atoms with Gasteiger partial charge in [-0.15, -0.1) is 0 Å². The minimum Gasteiger partial charge on any atom is -0.486 e. The molecule has 1 saturated heterocycles. The number of fused-ring (bicyclic) bond motifs is 2. The van der Waals surface area contributed by atoms with E-state index in [0.717, 1.165) is 46.0 Å². The molecule has 0 amide bonds. The fourth-order valence-electron chi connectivity index (χ4n) is 3.94. The number of halogens is 2. The van der Waals surface area contributed by atoms with Gasteiger partial charge in [-0.05, 0) is 73.0 Å². The summed E-state index contributed by atoms with van der Waals surface area (Å²) in [6.07, 6.45) is 5.87. The third-order valence-electron chi connectivity index (χ3n) is 5.37. The molecule has 0 bridgehead atoms. The first kappa shape index (κ1) is 18.8. The van der Waals surface area contributed by atoms with Gasteiger partial charge in [0.25, 0.3) is 0 Å². The van der Waals surface area contributed by atoms with E-state index < -0.39 is 0 Å². The maximum Gasteiger partial charge on any atom is 0.150 e. The highest BCUT2D eigenvalue weighted by molar-refractivity contribution is 14.1. The molecule has 4 heterocycles. The van der Waals surface area contributed by atoms with Gasteiger partial charge in [-0.1, -0.05) is 0 Å². The number of H-pyrrole nitrogens is 1. The lowest BCUT2D eigenvalue weighted by Gasteiger charge is -2.23. The average Bonchev–Trinajstić information content (AvgIpc) is 3.29. The number of rotatable bonds is 4. The highest BCUT2D eigenvalue weighted by Gasteiger charge is 2.21. The number of hydrogen-bond donors (Lipinski definition) is 1. The van der Waals surface area contributed by atoms with Crippen molar-refractivity contribution in [1.82, 2.24) is 19.7 Å². The van der Waals surface area contributed by atoms with Gasteiger partial charge >= 0.3 is 0 Å². The molecule has 6 nitrogen and oxygen atoms in total. The van der Waals surface area contributed by atoms with Crippen molar-refractivity contribution in [2.24, 2.45) is 0 Å². The van der Waals surface area contributed by atoms with Gasteiger partial charge in [-0.3, -0.25) is 0 Å². The molecule has 1 fully saturated rings. The minimum absolute atomic E-state index is 0.0119. The third-order valence-corrected chi connectivity index (χ3v) is 6.17. The molecule has 1 aliphatic rings. The van der Waals surface area contributed by atoms with Crippen LogP contribution in [0.5, 0.6) is 5.75 Å². The quantitative estimate of drug-likeness (QED) is 0.372. The molecule has 5 rings (SSSR count). The van der Waals surface area contributed by atoms with E-state index in [1.54, 1.807) is 12.3 Å². The molecular weight excluding hydrogens is 486 g/mol. The van der Waals surface area contributed by atoms with E-state index >= 15 is 0 Å². The summed E-state index contributed by atoms with van der Waals surface area (Å²) in [7, 11) is 0. The van der Waals surface area contributed by atoms with Gasteiger partial charge in [0.2, 0.25) is 0 Å². The molecule has 0 saturated carbocycles. The van der Waals surface area contributed by atoms with Crippen molar-refractivity contribution in [2.45, 2.75) is 38.5 Å². The molecular formula is C21H20FIN4O2. The molecule has 1 aliphatic heterocycles. The van der Waals surface area contributed by atoms with Crippen molar-refractivity contribution in [3.63, 3.8) is 0 Å². The first-order valence-electron chi connectivity index (χ1n) is 9.69. The predicted octanol–water partition coefficient (Wildman–Crippen LogP) is 5.50. The Labute approximate surface area is 180 Å². The van der Waals surface area contributed by atoms with Crippen molar-refractivity contribution in [3.8, 4) is 5.75 Å². The van der Waals surface area contributed by atoms with Crippen LogP contribution in [-0.4, -0.2) is 26.4 Å². The molecule has 2 atom stereocenters. The molecule has 29 heavy (non-hydrogen) atoms. The minimum atomic E-state index is -0.336. The Morgan fingerprint density at radius 1 is 1.34 bits per heavy atom. The van der Waals surface area contributed by atoms with Crippen LogP contribution in [0, 0.1) is 9.52 Å². The van der Waals surface area contributed by atoms with Crippen molar-refractivity contribution in [2.75, 3.05) is 6.61 Å². The normalized spacial score (nSPS) is 18.4. The number of nitrogens with zero attached hydrogens (tertiary/aromatic N) is 3. The molecule has 0 spiro atoms. The van der Waals surface area contributed by atoms with E-state index in [2.05, 4.69) is 32.6 Å². The van der Waals surface area contributed by atoms with Gasteiger partial charge in [0, 0.05) is 30.0 Å². The molecule has 1 N–H and O–H groups in total. The summed E-state index contributed by atoms with van der Waals surface area (Å²) in [4.78, 5) is 7.02. The Kier molecular flexibility index (Phi) is 4.91. The zero-order chi connectivity index (χ0) is 20.0. The summed E-state index contributed by atoms with van der Waals surface area (Å²) >= 11 is 2.25. The fourth-order valence-corrected chi connectivity index (χ4v) is 4.60. The number of hydrogen-bond acceptors (Lipinski definition) is 4. The largest absolute Gasteiger partial charge is 0.486 e. The lowest BCUT2D eigenvalue weighted by molar-refractivity contribution is -0.0368. The second-order valence-electron chi connectivity index (χ2n) is 7.26. The SMILES string of the molecule is CC(Oc1ccc2c(c1)c(I)nn2C1CCCCO1)c1ccnc2[nH]cc(F)c12. The Morgan fingerprint density at radius 2 is 2.24 bits per heavy atom.